The minimum absolute atomic E-state index is 0.0477. The van der Waals surface area contributed by atoms with Gasteiger partial charge in [-0.05, 0) is 30.5 Å². The molecule has 2 aromatic carbocycles. The van der Waals surface area contributed by atoms with Crippen molar-refractivity contribution in [3.8, 4) is 11.1 Å². The predicted molar refractivity (Wildman–Crippen MR) is 80.5 cm³/mol. The first-order valence-corrected chi connectivity index (χ1v) is 6.71. The Morgan fingerprint density at radius 1 is 0.947 bits per heavy atom. The van der Waals surface area contributed by atoms with Gasteiger partial charge in [0, 0.05) is 11.5 Å². The number of benzene rings is 2. The third kappa shape index (κ3) is 2.93. The highest BCUT2D eigenvalue weighted by Gasteiger charge is 2.10. The second-order valence-corrected chi connectivity index (χ2v) is 5.41. The van der Waals surface area contributed by atoms with Gasteiger partial charge < -0.3 is 0 Å². The molecule has 0 heterocycles. The summed E-state index contributed by atoms with van der Waals surface area (Å²) in [4.78, 5) is 11.9. The van der Waals surface area contributed by atoms with Crippen LogP contribution < -0.4 is 0 Å². The lowest BCUT2D eigenvalue weighted by Gasteiger charge is -2.09. The molecular formula is C18H20O. The van der Waals surface area contributed by atoms with Gasteiger partial charge in [0.25, 0.3) is 0 Å². The van der Waals surface area contributed by atoms with E-state index in [1.807, 2.05) is 38.1 Å². The Morgan fingerprint density at radius 2 is 1.58 bits per heavy atom. The van der Waals surface area contributed by atoms with E-state index >= 15 is 0 Å². The maximum Gasteiger partial charge on any atom is 0.165 e. The van der Waals surface area contributed by atoms with Crippen molar-refractivity contribution in [1.82, 2.24) is 0 Å². The summed E-state index contributed by atoms with van der Waals surface area (Å²) < 4.78 is 0. The lowest BCUT2D eigenvalue weighted by Crippen LogP contribution is -2.06. The lowest BCUT2D eigenvalue weighted by atomic mass is 9.95. The highest BCUT2D eigenvalue weighted by Crippen LogP contribution is 2.25. The van der Waals surface area contributed by atoms with Crippen molar-refractivity contribution >= 4 is 5.78 Å². The van der Waals surface area contributed by atoms with E-state index in [0.717, 1.165) is 5.56 Å². The summed E-state index contributed by atoms with van der Waals surface area (Å²) in [5, 5.41) is 0. The summed E-state index contributed by atoms with van der Waals surface area (Å²) >= 11 is 0. The number of rotatable bonds is 3. The number of Topliss-reactive ketones (excluding diaryl/α,β-unsaturated/α-hetero) is 1. The van der Waals surface area contributed by atoms with Crippen molar-refractivity contribution < 1.29 is 4.79 Å². The van der Waals surface area contributed by atoms with Gasteiger partial charge in [-0.3, -0.25) is 4.79 Å². The summed E-state index contributed by atoms with van der Waals surface area (Å²) in [7, 11) is 0. The topological polar surface area (TPSA) is 17.1 Å². The Bertz CT molecular complexity index is 592. The fraction of sp³-hybridized carbons (Fsp3) is 0.278. The van der Waals surface area contributed by atoms with Crippen LogP contribution in [0.15, 0.2) is 42.5 Å². The van der Waals surface area contributed by atoms with Crippen LogP contribution in [-0.2, 0) is 0 Å². The summed E-state index contributed by atoms with van der Waals surface area (Å²) in [6.07, 6.45) is 0. The third-order valence-corrected chi connectivity index (χ3v) is 3.40. The summed E-state index contributed by atoms with van der Waals surface area (Å²) in [5.41, 5.74) is 5.71. The van der Waals surface area contributed by atoms with Crippen LogP contribution >= 0.6 is 0 Å². The number of carbonyl (C=O) groups excluding carboxylic acids is 1. The van der Waals surface area contributed by atoms with Crippen molar-refractivity contribution in [2.75, 3.05) is 0 Å². The van der Waals surface area contributed by atoms with E-state index in [1.165, 1.54) is 22.3 Å². The van der Waals surface area contributed by atoms with Gasteiger partial charge in [-0.25, -0.2) is 0 Å². The van der Waals surface area contributed by atoms with E-state index in [4.69, 9.17) is 0 Å². The molecule has 0 aliphatic heterocycles. The average molecular weight is 252 g/mol. The van der Waals surface area contributed by atoms with Gasteiger partial charge in [0.15, 0.2) is 5.78 Å². The minimum Gasteiger partial charge on any atom is -0.294 e. The van der Waals surface area contributed by atoms with Gasteiger partial charge in [0.05, 0.1) is 0 Å². The van der Waals surface area contributed by atoms with Gasteiger partial charge in [-0.2, -0.15) is 0 Å². The monoisotopic (exact) mass is 252 g/mol. The molecule has 2 rings (SSSR count). The van der Waals surface area contributed by atoms with Crippen molar-refractivity contribution in [2.24, 2.45) is 5.92 Å². The van der Waals surface area contributed by atoms with Gasteiger partial charge in [0.2, 0.25) is 0 Å². The van der Waals surface area contributed by atoms with Crippen molar-refractivity contribution in [3.63, 3.8) is 0 Å². The molecule has 0 atom stereocenters. The molecule has 0 radical (unpaired) electrons. The smallest absolute Gasteiger partial charge is 0.165 e. The first-order valence-electron chi connectivity index (χ1n) is 6.71. The summed E-state index contributed by atoms with van der Waals surface area (Å²) in [6, 6.07) is 14.4. The molecule has 0 saturated heterocycles. The third-order valence-electron chi connectivity index (χ3n) is 3.40. The zero-order chi connectivity index (χ0) is 14.0. The van der Waals surface area contributed by atoms with Crippen LogP contribution in [0.2, 0.25) is 0 Å². The Labute approximate surface area is 115 Å². The maximum atomic E-state index is 11.9. The van der Waals surface area contributed by atoms with E-state index in [-0.39, 0.29) is 11.7 Å². The van der Waals surface area contributed by atoms with E-state index in [9.17, 15) is 4.79 Å². The number of hydrogen-bond donors (Lipinski definition) is 0. The molecular weight excluding hydrogens is 232 g/mol. The first kappa shape index (κ1) is 13.5. The zero-order valence-corrected chi connectivity index (χ0v) is 12.0. The van der Waals surface area contributed by atoms with Crippen molar-refractivity contribution in [3.05, 3.63) is 59.2 Å². The SMILES string of the molecule is Cc1ccc(C)c(-c2ccc(C(=O)C(C)C)cc2)c1. The van der Waals surface area contributed by atoms with Gasteiger partial charge >= 0.3 is 0 Å². The quantitative estimate of drug-likeness (QED) is 0.716. The van der Waals surface area contributed by atoms with Crippen LogP contribution in [0.5, 0.6) is 0 Å². The Kier molecular flexibility index (Phi) is 3.84. The fourth-order valence-corrected chi connectivity index (χ4v) is 2.19. The van der Waals surface area contributed by atoms with Gasteiger partial charge in [-0.15, -0.1) is 0 Å². The fourth-order valence-electron chi connectivity index (χ4n) is 2.19. The highest BCUT2D eigenvalue weighted by atomic mass is 16.1. The van der Waals surface area contributed by atoms with E-state index in [1.54, 1.807) is 0 Å². The second kappa shape index (κ2) is 5.40. The zero-order valence-electron chi connectivity index (χ0n) is 12.0. The van der Waals surface area contributed by atoms with Crippen LogP contribution in [0, 0.1) is 19.8 Å². The molecule has 0 aliphatic carbocycles. The molecule has 2 aromatic rings. The molecule has 0 aliphatic rings. The minimum atomic E-state index is 0.0477. The maximum absolute atomic E-state index is 11.9. The van der Waals surface area contributed by atoms with E-state index in [2.05, 4.69) is 32.0 Å². The predicted octanol–water partition coefficient (Wildman–Crippen LogP) is 4.81. The van der Waals surface area contributed by atoms with Gasteiger partial charge in [-0.1, -0.05) is 61.9 Å². The van der Waals surface area contributed by atoms with Crippen LogP contribution in [0.25, 0.3) is 11.1 Å². The average Bonchev–Trinajstić information content (AvgIpc) is 2.41. The van der Waals surface area contributed by atoms with E-state index < -0.39 is 0 Å². The molecule has 98 valence electrons. The number of aryl methyl sites for hydroxylation is 2. The number of hydrogen-bond acceptors (Lipinski definition) is 1. The number of carbonyl (C=O) groups is 1. The molecule has 0 N–H and O–H groups in total. The van der Waals surface area contributed by atoms with Crippen LogP contribution in [0.3, 0.4) is 0 Å². The Hall–Kier alpha value is -1.89. The first-order chi connectivity index (χ1) is 8.99. The molecule has 0 amide bonds. The molecule has 0 aromatic heterocycles. The largest absolute Gasteiger partial charge is 0.294 e. The molecule has 0 unspecified atom stereocenters. The molecule has 0 fully saturated rings. The highest BCUT2D eigenvalue weighted by molar-refractivity contribution is 5.97. The van der Waals surface area contributed by atoms with E-state index in [0.29, 0.717) is 0 Å². The van der Waals surface area contributed by atoms with Crippen LogP contribution in [0.4, 0.5) is 0 Å². The van der Waals surface area contributed by atoms with Crippen molar-refractivity contribution in [2.45, 2.75) is 27.7 Å². The number of ketones is 1. The molecule has 0 bridgehead atoms. The molecule has 1 nitrogen and oxygen atoms in total. The summed E-state index contributed by atoms with van der Waals surface area (Å²) in [5.74, 6) is 0.249. The summed E-state index contributed by atoms with van der Waals surface area (Å²) in [6.45, 7) is 8.07. The molecule has 0 saturated carbocycles. The van der Waals surface area contributed by atoms with Crippen LogP contribution in [0.1, 0.15) is 35.3 Å². The Morgan fingerprint density at radius 3 is 2.16 bits per heavy atom. The lowest BCUT2D eigenvalue weighted by molar-refractivity contribution is 0.0939. The Balaban J connectivity index is 2.38. The normalized spacial score (nSPS) is 10.8. The standard InChI is InChI=1S/C18H20O/c1-12(2)18(19)16-9-7-15(8-10-16)17-11-13(3)5-6-14(17)4/h5-12H,1-4H3. The second-order valence-electron chi connectivity index (χ2n) is 5.41. The molecule has 1 heteroatoms. The van der Waals surface area contributed by atoms with Gasteiger partial charge in [0.1, 0.15) is 0 Å². The molecule has 0 spiro atoms. The molecule has 19 heavy (non-hydrogen) atoms. The van der Waals surface area contributed by atoms with Crippen molar-refractivity contribution in [1.29, 1.82) is 0 Å². The van der Waals surface area contributed by atoms with Crippen LogP contribution in [-0.4, -0.2) is 5.78 Å².